The number of aromatic nitrogens is 1. The number of ether oxygens (including phenoxy) is 5. The van der Waals surface area contributed by atoms with Crippen molar-refractivity contribution in [2.75, 3.05) is 19.8 Å². The Kier molecular flexibility index (Phi) is 18.8. The first-order valence-corrected chi connectivity index (χ1v) is 14.3. The Bertz CT molecular complexity index is 1210. The van der Waals surface area contributed by atoms with Crippen LogP contribution in [0, 0.1) is 13.8 Å². The highest BCUT2D eigenvalue weighted by atomic mass is 16.9. The van der Waals surface area contributed by atoms with Crippen molar-refractivity contribution in [3.8, 4) is 34.5 Å². The van der Waals surface area contributed by atoms with Gasteiger partial charge in [-0.25, -0.2) is 4.98 Å². The number of pyridine rings is 1. The highest BCUT2D eigenvalue weighted by Gasteiger charge is 2.26. The zero-order valence-corrected chi connectivity index (χ0v) is 26.3. The summed E-state index contributed by atoms with van der Waals surface area (Å²) in [5.41, 5.74) is 2.66. The summed E-state index contributed by atoms with van der Waals surface area (Å²) in [5, 5.41) is 35.4. The number of aromatic hydroxyl groups is 4. The minimum atomic E-state index is -0.728. The standard InChI is InChI=1S/C9H10O4.C8H10.C6H6O3.C6H14O2.C5H5N/c1-2-11-9-12-7-5-3-4-6(10)8(7)13-9;1-7-3-5-8(2)6-4-7;7-4-2-1-3-5(8)6(4)9;1-4-7-6(3)8-5-2;1-2-4-6-5-3-1/h3-5,9-10H,2H2,1H3;3-6H,1-2H3;1-3,7-9H;6H,4-5H2,1-3H3;1-5H/p+1. The normalized spacial score (nSPS) is 12.2. The Morgan fingerprint density at radius 1 is 0.659 bits per heavy atom. The monoisotopic (exact) mass is 612 g/mol. The highest BCUT2D eigenvalue weighted by Crippen LogP contribution is 2.41. The number of H-pyrrole nitrogens is 1. The van der Waals surface area contributed by atoms with Gasteiger partial charge in [0, 0.05) is 25.3 Å². The minimum Gasteiger partial charge on any atom is -0.504 e. The first kappa shape index (κ1) is 37.5. The van der Waals surface area contributed by atoms with Crippen molar-refractivity contribution < 1.29 is 49.1 Å². The van der Waals surface area contributed by atoms with Gasteiger partial charge in [-0.1, -0.05) is 53.6 Å². The molecular formula is C34H46NO9+. The third-order valence-electron chi connectivity index (χ3n) is 5.32. The summed E-state index contributed by atoms with van der Waals surface area (Å²) in [7, 11) is 0. The third kappa shape index (κ3) is 15.6. The molecule has 0 amide bonds. The second kappa shape index (κ2) is 22.1. The van der Waals surface area contributed by atoms with Crippen molar-refractivity contribution in [3.63, 3.8) is 0 Å². The van der Waals surface area contributed by atoms with Gasteiger partial charge in [-0.15, -0.1) is 0 Å². The molecule has 0 aliphatic carbocycles. The maximum atomic E-state index is 9.36. The first-order chi connectivity index (χ1) is 21.1. The molecule has 0 fully saturated rings. The SMILES string of the molecule is CCOC(C)OCC.CCOC1Oc2cccc(O)c2O1.Cc1ccc(C)cc1.Oc1cccc(O)c1O.c1cc[nH+]cc1. The number of para-hydroxylation sites is 2. The van der Waals surface area contributed by atoms with Crippen LogP contribution in [0.15, 0.2) is 91.3 Å². The molecule has 0 radical (unpaired) electrons. The molecule has 0 saturated carbocycles. The van der Waals surface area contributed by atoms with Crippen LogP contribution in [0.25, 0.3) is 0 Å². The van der Waals surface area contributed by atoms with E-state index in [-0.39, 0.29) is 23.5 Å². The van der Waals surface area contributed by atoms with Crippen LogP contribution in [0.4, 0.5) is 0 Å². The maximum Gasteiger partial charge on any atom is 0.361 e. The van der Waals surface area contributed by atoms with E-state index in [1.165, 1.54) is 35.4 Å². The van der Waals surface area contributed by atoms with Crippen LogP contribution >= 0.6 is 0 Å². The van der Waals surface area contributed by atoms with Crippen LogP contribution in [-0.4, -0.2) is 53.0 Å². The average Bonchev–Trinajstić information content (AvgIpc) is 3.44. The van der Waals surface area contributed by atoms with E-state index in [0.717, 1.165) is 13.2 Å². The quantitative estimate of drug-likeness (QED) is 0.142. The van der Waals surface area contributed by atoms with Gasteiger partial charge in [-0.3, -0.25) is 0 Å². The van der Waals surface area contributed by atoms with E-state index < -0.39 is 12.2 Å². The highest BCUT2D eigenvalue weighted by molar-refractivity contribution is 5.51. The molecule has 10 heteroatoms. The Balaban J connectivity index is 0.000000282. The topological polar surface area (TPSA) is 141 Å². The van der Waals surface area contributed by atoms with Gasteiger partial charge in [-0.05, 0) is 65.8 Å². The lowest BCUT2D eigenvalue weighted by atomic mass is 10.2. The summed E-state index contributed by atoms with van der Waals surface area (Å²) >= 11 is 0. The molecule has 0 bridgehead atoms. The van der Waals surface area contributed by atoms with E-state index in [4.69, 9.17) is 39.0 Å². The van der Waals surface area contributed by atoms with Crippen molar-refractivity contribution in [3.05, 3.63) is 102 Å². The lowest BCUT2D eigenvalue weighted by molar-refractivity contribution is -0.377. The first-order valence-electron chi connectivity index (χ1n) is 14.3. The largest absolute Gasteiger partial charge is 0.504 e. The number of hydrogen-bond acceptors (Lipinski definition) is 9. The molecule has 1 aliphatic rings. The van der Waals surface area contributed by atoms with Crippen molar-refractivity contribution in [2.24, 2.45) is 0 Å². The number of fused-ring (bicyclic) bond motifs is 1. The molecule has 2 heterocycles. The molecule has 1 aromatic heterocycles. The molecule has 1 atom stereocenters. The van der Waals surface area contributed by atoms with Crippen LogP contribution in [0.1, 0.15) is 38.8 Å². The van der Waals surface area contributed by atoms with Crippen molar-refractivity contribution in [1.82, 2.24) is 0 Å². The second-order valence-corrected chi connectivity index (χ2v) is 8.94. The van der Waals surface area contributed by atoms with Gasteiger partial charge in [0.25, 0.3) is 0 Å². The second-order valence-electron chi connectivity index (χ2n) is 8.94. The summed E-state index contributed by atoms with van der Waals surface area (Å²) in [4.78, 5) is 2.89. The van der Waals surface area contributed by atoms with Gasteiger partial charge in [0.2, 0.25) is 5.75 Å². The Hall–Kier alpha value is -4.51. The predicted molar refractivity (Wildman–Crippen MR) is 168 cm³/mol. The summed E-state index contributed by atoms with van der Waals surface area (Å²) < 4.78 is 25.6. The van der Waals surface area contributed by atoms with Gasteiger partial charge in [0.05, 0.1) is 6.61 Å². The average molecular weight is 613 g/mol. The van der Waals surface area contributed by atoms with E-state index in [1.54, 1.807) is 12.1 Å². The maximum absolute atomic E-state index is 9.36. The number of phenols is 4. The number of nitrogens with one attached hydrogen (secondary N) is 1. The van der Waals surface area contributed by atoms with E-state index in [9.17, 15) is 5.11 Å². The number of rotatable bonds is 6. The zero-order chi connectivity index (χ0) is 32.7. The van der Waals surface area contributed by atoms with Gasteiger partial charge >= 0.3 is 6.48 Å². The molecule has 1 aliphatic heterocycles. The van der Waals surface area contributed by atoms with Crippen molar-refractivity contribution >= 4 is 0 Å². The summed E-state index contributed by atoms with van der Waals surface area (Å²) in [6.45, 7) is 13.1. The molecular weight excluding hydrogens is 566 g/mol. The fraction of sp³-hybridized carbons (Fsp3) is 0.324. The molecule has 1 unspecified atom stereocenters. The number of benzene rings is 3. The van der Waals surface area contributed by atoms with Crippen LogP contribution in [-0.2, 0) is 14.2 Å². The molecule has 3 aromatic carbocycles. The fourth-order valence-corrected chi connectivity index (χ4v) is 3.16. The molecule has 5 rings (SSSR count). The van der Waals surface area contributed by atoms with E-state index in [2.05, 4.69) is 43.1 Å². The molecule has 10 nitrogen and oxygen atoms in total. The molecule has 4 aromatic rings. The van der Waals surface area contributed by atoms with Crippen LogP contribution in [0.3, 0.4) is 0 Å². The van der Waals surface area contributed by atoms with E-state index in [0.29, 0.717) is 18.1 Å². The third-order valence-corrected chi connectivity index (χ3v) is 5.32. The Morgan fingerprint density at radius 3 is 1.55 bits per heavy atom. The molecule has 0 saturated heterocycles. The lowest BCUT2D eigenvalue weighted by Gasteiger charge is -2.09. The van der Waals surface area contributed by atoms with Crippen LogP contribution in [0.5, 0.6) is 34.5 Å². The number of phenolic OH excluding ortho intramolecular Hbond substituents is 4. The Morgan fingerprint density at radius 2 is 1.16 bits per heavy atom. The summed E-state index contributed by atoms with van der Waals surface area (Å²) in [5.74, 6) is -0.165. The minimum absolute atomic E-state index is 0.0370. The van der Waals surface area contributed by atoms with Crippen molar-refractivity contribution in [2.45, 2.75) is 54.3 Å². The van der Waals surface area contributed by atoms with Gasteiger partial charge < -0.3 is 44.1 Å². The molecule has 0 spiro atoms. The summed E-state index contributed by atoms with van der Waals surface area (Å²) in [6.07, 6.45) is 3.71. The number of aryl methyl sites for hydroxylation is 2. The van der Waals surface area contributed by atoms with Crippen LogP contribution < -0.4 is 14.5 Å². The van der Waals surface area contributed by atoms with Gasteiger partial charge in [0.15, 0.2) is 47.4 Å². The Labute approximate surface area is 260 Å². The molecule has 240 valence electrons. The van der Waals surface area contributed by atoms with Crippen molar-refractivity contribution in [1.29, 1.82) is 0 Å². The summed E-state index contributed by atoms with van der Waals surface area (Å²) in [6, 6.07) is 23.3. The van der Waals surface area contributed by atoms with Crippen LogP contribution in [0.2, 0.25) is 0 Å². The smallest absolute Gasteiger partial charge is 0.361 e. The predicted octanol–water partition coefficient (Wildman–Crippen LogP) is 6.50. The number of aromatic amines is 1. The molecule has 5 N–H and O–H groups in total. The van der Waals surface area contributed by atoms with E-state index in [1.807, 2.05) is 58.3 Å². The zero-order valence-electron chi connectivity index (χ0n) is 26.3. The molecule has 44 heavy (non-hydrogen) atoms. The van der Waals surface area contributed by atoms with Gasteiger partial charge in [-0.2, -0.15) is 0 Å². The fourth-order valence-electron chi connectivity index (χ4n) is 3.16. The number of hydrogen-bond donors (Lipinski definition) is 4. The van der Waals surface area contributed by atoms with E-state index >= 15 is 0 Å². The lowest BCUT2D eigenvalue weighted by Crippen LogP contribution is -2.21. The van der Waals surface area contributed by atoms with Gasteiger partial charge in [0.1, 0.15) is 0 Å².